The third-order valence-corrected chi connectivity index (χ3v) is 2.06. The average Bonchev–Trinajstić information content (AvgIpc) is 2.49. The number of hydrogen-bond donors (Lipinski definition) is 0. The number of aryl methyl sites for hydroxylation is 2. The lowest BCUT2D eigenvalue weighted by Crippen LogP contribution is -1.92. The van der Waals surface area contributed by atoms with E-state index in [0.29, 0.717) is 0 Å². The Labute approximate surface area is 71.1 Å². The molecule has 0 fully saturated rings. The molecule has 0 saturated heterocycles. The summed E-state index contributed by atoms with van der Waals surface area (Å²) < 4.78 is 2.01. The van der Waals surface area contributed by atoms with Gasteiger partial charge in [0.05, 0.1) is 11.2 Å². The summed E-state index contributed by atoms with van der Waals surface area (Å²) in [6.07, 6.45) is 4.63. The van der Waals surface area contributed by atoms with Crippen LogP contribution in [0.4, 0.5) is 0 Å². The first kappa shape index (κ1) is 7.28. The van der Waals surface area contributed by atoms with E-state index in [4.69, 9.17) is 0 Å². The Hall–Kier alpha value is -1.38. The molecule has 2 heterocycles. The standard InChI is InChI=1S/C9H11N3/c1-3-8-9-4-5-10-7(2)12(9)6-11-8/h4-6H,3H2,1-2H3. The highest BCUT2D eigenvalue weighted by Gasteiger charge is 2.02. The van der Waals surface area contributed by atoms with Gasteiger partial charge in [0.15, 0.2) is 0 Å². The zero-order valence-corrected chi connectivity index (χ0v) is 7.28. The van der Waals surface area contributed by atoms with E-state index in [9.17, 15) is 0 Å². The fourth-order valence-corrected chi connectivity index (χ4v) is 1.38. The molecule has 0 saturated carbocycles. The number of nitrogens with zero attached hydrogens (tertiary/aromatic N) is 3. The van der Waals surface area contributed by atoms with Crippen molar-refractivity contribution in [3.63, 3.8) is 0 Å². The highest BCUT2D eigenvalue weighted by molar-refractivity contribution is 5.51. The predicted octanol–water partition coefficient (Wildman–Crippen LogP) is 1.60. The molecule has 0 aromatic carbocycles. The third-order valence-electron chi connectivity index (χ3n) is 2.06. The minimum atomic E-state index is 0.972. The first-order valence-electron chi connectivity index (χ1n) is 4.10. The van der Waals surface area contributed by atoms with Crippen LogP contribution in [0.3, 0.4) is 0 Å². The van der Waals surface area contributed by atoms with E-state index >= 15 is 0 Å². The second kappa shape index (κ2) is 2.59. The van der Waals surface area contributed by atoms with Gasteiger partial charge in [-0.1, -0.05) is 6.92 Å². The fraction of sp³-hybridized carbons (Fsp3) is 0.333. The van der Waals surface area contributed by atoms with Gasteiger partial charge < -0.3 is 0 Å². The molecule has 2 aromatic rings. The van der Waals surface area contributed by atoms with Gasteiger partial charge in [-0.25, -0.2) is 9.97 Å². The molecule has 3 nitrogen and oxygen atoms in total. The molecule has 0 N–H and O–H groups in total. The Balaban J connectivity index is 2.80. The third kappa shape index (κ3) is 0.897. The monoisotopic (exact) mass is 161 g/mol. The molecule has 2 aromatic heterocycles. The largest absolute Gasteiger partial charge is 0.287 e. The molecule has 0 radical (unpaired) electrons. The SMILES string of the molecule is CCc1ncn2c(C)nccc12. The van der Waals surface area contributed by atoms with E-state index in [2.05, 4.69) is 16.9 Å². The van der Waals surface area contributed by atoms with Crippen LogP contribution >= 0.6 is 0 Å². The summed E-state index contributed by atoms with van der Waals surface area (Å²) in [5, 5.41) is 0. The number of aromatic nitrogens is 3. The topological polar surface area (TPSA) is 30.2 Å². The minimum Gasteiger partial charge on any atom is -0.287 e. The molecule has 3 heteroatoms. The van der Waals surface area contributed by atoms with Crippen molar-refractivity contribution in [2.24, 2.45) is 0 Å². The lowest BCUT2D eigenvalue weighted by atomic mass is 10.3. The molecule has 0 bridgehead atoms. The van der Waals surface area contributed by atoms with E-state index in [1.54, 1.807) is 0 Å². The van der Waals surface area contributed by atoms with Gasteiger partial charge in [-0.2, -0.15) is 0 Å². The maximum atomic E-state index is 4.30. The van der Waals surface area contributed by atoms with Crippen LogP contribution in [0.2, 0.25) is 0 Å². The van der Waals surface area contributed by atoms with Crippen LogP contribution in [-0.2, 0) is 6.42 Å². The zero-order chi connectivity index (χ0) is 8.55. The van der Waals surface area contributed by atoms with Crippen LogP contribution in [0.15, 0.2) is 18.6 Å². The maximum absolute atomic E-state index is 4.30. The number of fused-ring (bicyclic) bond motifs is 1. The molecule has 0 aliphatic rings. The van der Waals surface area contributed by atoms with Crippen molar-refractivity contribution >= 4 is 5.52 Å². The van der Waals surface area contributed by atoms with Crippen molar-refractivity contribution in [2.45, 2.75) is 20.3 Å². The molecule has 0 amide bonds. The highest BCUT2D eigenvalue weighted by atomic mass is 15.0. The van der Waals surface area contributed by atoms with Crippen molar-refractivity contribution in [3.8, 4) is 0 Å². The van der Waals surface area contributed by atoms with Crippen molar-refractivity contribution < 1.29 is 0 Å². The lowest BCUT2D eigenvalue weighted by Gasteiger charge is -1.97. The van der Waals surface area contributed by atoms with E-state index < -0.39 is 0 Å². The molecule has 0 spiro atoms. The van der Waals surface area contributed by atoms with Crippen molar-refractivity contribution in [1.82, 2.24) is 14.4 Å². The molecule has 0 aliphatic carbocycles. The molecule has 12 heavy (non-hydrogen) atoms. The van der Waals surface area contributed by atoms with Crippen LogP contribution in [0, 0.1) is 6.92 Å². The quantitative estimate of drug-likeness (QED) is 0.636. The van der Waals surface area contributed by atoms with Gasteiger partial charge in [-0.15, -0.1) is 0 Å². The van der Waals surface area contributed by atoms with Gasteiger partial charge in [0.2, 0.25) is 0 Å². The summed E-state index contributed by atoms with van der Waals surface area (Å²) in [7, 11) is 0. The fourth-order valence-electron chi connectivity index (χ4n) is 1.38. The molecular weight excluding hydrogens is 150 g/mol. The second-order valence-electron chi connectivity index (χ2n) is 2.79. The van der Waals surface area contributed by atoms with Crippen LogP contribution in [0.1, 0.15) is 18.4 Å². The number of imidazole rings is 1. The lowest BCUT2D eigenvalue weighted by molar-refractivity contribution is 0.981. The normalized spacial score (nSPS) is 10.8. The maximum Gasteiger partial charge on any atom is 0.111 e. The van der Waals surface area contributed by atoms with Gasteiger partial charge in [-0.3, -0.25) is 4.40 Å². The van der Waals surface area contributed by atoms with E-state index in [-0.39, 0.29) is 0 Å². The van der Waals surface area contributed by atoms with Gasteiger partial charge in [0, 0.05) is 6.20 Å². The molecule has 2 rings (SSSR count). The van der Waals surface area contributed by atoms with E-state index in [0.717, 1.165) is 17.9 Å². The second-order valence-corrected chi connectivity index (χ2v) is 2.79. The van der Waals surface area contributed by atoms with Crippen molar-refractivity contribution in [2.75, 3.05) is 0 Å². The molecule has 0 aliphatic heterocycles. The first-order chi connectivity index (χ1) is 5.83. The molecule has 62 valence electrons. The number of rotatable bonds is 1. The summed E-state index contributed by atoms with van der Waals surface area (Å²) in [6.45, 7) is 4.09. The smallest absolute Gasteiger partial charge is 0.111 e. The summed E-state index contributed by atoms with van der Waals surface area (Å²) in [5.41, 5.74) is 2.31. The molecule has 0 atom stereocenters. The van der Waals surface area contributed by atoms with Crippen molar-refractivity contribution in [1.29, 1.82) is 0 Å². The predicted molar refractivity (Wildman–Crippen MR) is 47.1 cm³/mol. The number of hydrogen-bond acceptors (Lipinski definition) is 2. The Morgan fingerprint density at radius 1 is 1.42 bits per heavy atom. The average molecular weight is 161 g/mol. The first-order valence-corrected chi connectivity index (χ1v) is 4.10. The zero-order valence-electron chi connectivity index (χ0n) is 7.28. The van der Waals surface area contributed by atoms with Crippen LogP contribution in [0.25, 0.3) is 5.52 Å². The summed E-state index contributed by atoms with van der Waals surface area (Å²) >= 11 is 0. The van der Waals surface area contributed by atoms with Crippen LogP contribution in [-0.4, -0.2) is 14.4 Å². The van der Waals surface area contributed by atoms with E-state index in [1.165, 1.54) is 5.52 Å². The Bertz CT molecular complexity index is 403. The molecule has 0 unspecified atom stereocenters. The Kier molecular flexibility index (Phi) is 1.57. The van der Waals surface area contributed by atoms with Crippen molar-refractivity contribution in [3.05, 3.63) is 30.1 Å². The highest BCUT2D eigenvalue weighted by Crippen LogP contribution is 2.09. The Morgan fingerprint density at radius 3 is 3.00 bits per heavy atom. The van der Waals surface area contributed by atoms with Crippen LogP contribution in [0.5, 0.6) is 0 Å². The van der Waals surface area contributed by atoms with Gasteiger partial charge in [0.1, 0.15) is 12.2 Å². The summed E-state index contributed by atoms with van der Waals surface area (Å²) in [6, 6.07) is 2.00. The summed E-state index contributed by atoms with van der Waals surface area (Å²) in [4.78, 5) is 8.48. The van der Waals surface area contributed by atoms with Gasteiger partial charge in [0.25, 0.3) is 0 Å². The van der Waals surface area contributed by atoms with Crippen LogP contribution < -0.4 is 0 Å². The minimum absolute atomic E-state index is 0.972. The summed E-state index contributed by atoms with van der Waals surface area (Å²) in [5.74, 6) is 0.986. The van der Waals surface area contributed by atoms with E-state index in [1.807, 2.05) is 29.9 Å². The van der Waals surface area contributed by atoms with Gasteiger partial charge in [-0.05, 0) is 19.4 Å². The Morgan fingerprint density at radius 2 is 2.25 bits per heavy atom. The molecular formula is C9H11N3. The van der Waals surface area contributed by atoms with Gasteiger partial charge >= 0.3 is 0 Å².